The molecule has 0 radical (unpaired) electrons. The van der Waals surface area contributed by atoms with Gasteiger partial charge in [-0.05, 0) is 38.1 Å². The van der Waals surface area contributed by atoms with Gasteiger partial charge in [-0.25, -0.2) is 18.4 Å². The van der Waals surface area contributed by atoms with Gasteiger partial charge in [0.05, 0.1) is 9.77 Å². The van der Waals surface area contributed by atoms with Crippen LogP contribution in [0.3, 0.4) is 0 Å². The number of rotatable bonds is 5. The molecule has 0 fully saturated rings. The van der Waals surface area contributed by atoms with Crippen molar-refractivity contribution in [3.8, 4) is 0 Å². The smallest absolute Gasteiger partial charge is 0.261 e. The van der Waals surface area contributed by atoms with Crippen LogP contribution in [-0.2, 0) is 16.4 Å². The second kappa shape index (κ2) is 7.35. The summed E-state index contributed by atoms with van der Waals surface area (Å²) in [6.45, 7) is 3.95. The molecular weight excluding hydrogens is 370 g/mol. The molecule has 2 heterocycles. The SMILES string of the molecule is Cc1ccc(S(=O)(=O)c2ccc(C(=O)NCc3cnc(C)nc3)s2)cc1. The lowest BCUT2D eigenvalue weighted by molar-refractivity contribution is 0.0955. The van der Waals surface area contributed by atoms with E-state index >= 15 is 0 Å². The Morgan fingerprint density at radius 3 is 2.35 bits per heavy atom. The number of aryl methyl sites for hydroxylation is 2. The first-order valence-corrected chi connectivity index (χ1v) is 10.1. The molecule has 1 amide bonds. The Balaban J connectivity index is 1.73. The largest absolute Gasteiger partial charge is 0.347 e. The van der Waals surface area contributed by atoms with Gasteiger partial charge < -0.3 is 5.32 Å². The molecule has 6 nitrogen and oxygen atoms in total. The van der Waals surface area contributed by atoms with E-state index in [4.69, 9.17) is 0 Å². The molecule has 0 aliphatic heterocycles. The lowest BCUT2D eigenvalue weighted by atomic mass is 10.2. The topological polar surface area (TPSA) is 89.0 Å². The third-order valence-electron chi connectivity index (χ3n) is 3.69. The molecule has 0 saturated heterocycles. The third-order valence-corrected chi connectivity index (χ3v) is 7.03. The predicted molar refractivity (Wildman–Crippen MR) is 98.9 cm³/mol. The van der Waals surface area contributed by atoms with E-state index in [1.807, 2.05) is 6.92 Å². The fourth-order valence-corrected chi connectivity index (χ4v) is 4.82. The van der Waals surface area contributed by atoms with Crippen LogP contribution in [0.15, 0.2) is 57.9 Å². The number of hydrogen-bond acceptors (Lipinski definition) is 6. The normalized spacial score (nSPS) is 11.3. The Kier molecular flexibility index (Phi) is 5.15. The minimum absolute atomic E-state index is 0.144. The average Bonchev–Trinajstić information content (AvgIpc) is 3.12. The van der Waals surface area contributed by atoms with Crippen LogP contribution >= 0.6 is 11.3 Å². The Hall–Kier alpha value is -2.58. The number of nitrogens with one attached hydrogen (secondary N) is 1. The summed E-state index contributed by atoms with van der Waals surface area (Å²) in [6, 6.07) is 9.62. The molecular formula is C18H17N3O3S2. The second-order valence-corrected chi connectivity index (χ2v) is 9.02. The molecule has 134 valence electrons. The van der Waals surface area contributed by atoms with Crippen LogP contribution in [0.25, 0.3) is 0 Å². The summed E-state index contributed by atoms with van der Waals surface area (Å²) in [5, 5.41) is 2.74. The van der Waals surface area contributed by atoms with E-state index in [1.165, 1.54) is 12.1 Å². The van der Waals surface area contributed by atoms with Crippen molar-refractivity contribution in [3.05, 3.63) is 70.6 Å². The molecule has 8 heteroatoms. The summed E-state index contributed by atoms with van der Waals surface area (Å²) < 4.78 is 25.5. The van der Waals surface area contributed by atoms with Crippen molar-refractivity contribution < 1.29 is 13.2 Å². The van der Waals surface area contributed by atoms with Crippen molar-refractivity contribution in [3.63, 3.8) is 0 Å². The van der Waals surface area contributed by atoms with Gasteiger partial charge in [-0.15, -0.1) is 11.3 Å². The first kappa shape index (κ1) is 18.2. The first-order chi connectivity index (χ1) is 12.4. The summed E-state index contributed by atoms with van der Waals surface area (Å²) in [7, 11) is -3.62. The molecule has 0 saturated carbocycles. The highest BCUT2D eigenvalue weighted by Crippen LogP contribution is 2.28. The number of nitrogens with zero attached hydrogens (tertiary/aromatic N) is 2. The first-order valence-electron chi connectivity index (χ1n) is 7.83. The maximum absolute atomic E-state index is 12.7. The molecule has 0 bridgehead atoms. The lowest BCUT2D eigenvalue weighted by Gasteiger charge is -2.04. The molecule has 0 aliphatic rings. The van der Waals surface area contributed by atoms with Crippen molar-refractivity contribution in [2.45, 2.75) is 29.5 Å². The van der Waals surface area contributed by atoms with Crippen LogP contribution in [0, 0.1) is 13.8 Å². The van der Waals surface area contributed by atoms with Crippen molar-refractivity contribution in [2.24, 2.45) is 0 Å². The minimum atomic E-state index is -3.62. The molecule has 2 aromatic heterocycles. The number of sulfone groups is 1. The van der Waals surface area contributed by atoms with E-state index in [1.54, 1.807) is 43.6 Å². The fourth-order valence-electron chi connectivity index (χ4n) is 2.20. The van der Waals surface area contributed by atoms with Gasteiger partial charge in [-0.2, -0.15) is 0 Å². The second-order valence-electron chi connectivity index (χ2n) is 5.76. The lowest BCUT2D eigenvalue weighted by Crippen LogP contribution is -2.22. The van der Waals surface area contributed by atoms with E-state index in [2.05, 4.69) is 15.3 Å². The van der Waals surface area contributed by atoms with Crippen LogP contribution in [0.2, 0.25) is 0 Å². The summed E-state index contributed by atoms with van der Waals surface area (Å²) >= 11 is 0.953. The fraction of sp³-hybridized carbons (Fsp3) is 0.167. The van der Waals surface area contributed by atoms with Gasteiger partial charge in [0.1, 0.15) is 10.0 Å². The number of aromatic nitrogens is 2. The summed E-state index contributed by atoms with van der Waals surface area (Å²) in [5.74, 6) is 0.324. The van der Waals surface area contributed by atoms with Gasteiger partial charge in [-0.3, -0.25) is 4.79 Å². The monoisotopic (exact) mass is 387 g/mol. The highest BCUT2D eigenvalue weighted by Gasteiger charge is 2.21. The highest BCUT2D eigenvalue weighted by atomic mass is 32.2. The van der Waals surface area contributed by atoms with Crippen LogP contribution < -0.4 is 5.32 Å². The van der Waals surface area contributed by atoms with Gasteiger partial charge in [0, 0.05) is 24.5 Å². The number of amides is 1. The van der Waals surface area contributed by atoms with E-state index < -0.39 is 9.84 Å². The number of carbonyl (C=O) groups excluding carboxylic acids is 1. The van der Waals surface area contributed by atoms with Gasteiger partial charge in [0.2, 0.25) is 9.84 Å². The predicted octanol–water partition coefficient (Wildman–Crippen LogP) is 2.92. The molecule has 3 aromatic rings. The van der Waals surface area contributed by atoms with Gasteiger partial charge >= 0.3 is 0 Å². The van der Waals surface area contributed by atoms with Crippen molar-refractivity contribution in [1.29, 1.82) is 0 Å². The average molecular weight is 387 g/mol. The van der Waals surface area contributed by atoms with E-state index in [9.17, 15) is 13.2 Å². The summed E-state index contributed by atoms with van der Waals surface area (Å²) in [5.41, 5.74) is 1.75. The number of thiophene rings is 1. The standard InChI is InChI=1S/C18H17N3O3S2/c1-12-3-5-15(6-4-12)26(23,24)17-8-7-16(25-17)18(22)21-11-14-9-19-13(2)20-10-14/h3-10H,11H2,1-2H3,(H,21,22). The quantitative estimate of drug-likeness (QED) is 0.727. The van der Waals surface area contributed by atoms with Gasteiger partial charge in [0.25, 0.3) is 5.91 Å². The Labute approximate surface area is 155 Å². The van der Waals surface area contributed by atoms with Gasteiger partial charge in [-0.1, -0.05) is 17.7 Å². The highest BCUT2D eigenvalue weighted by molar-refractivity contribution is 7.93. The summed E-state index contributed by atoms with van der Waals surface area (Å²) in [6.07, 6.45) is 3.29. The summed E-state index contributed by atoms with van der Waals surface area (Å²) in [4.78, 5) is 21.0. The molecule has 0 unspecified atom stereocenters. The zero-order valence-corrected chi connectivity index (χ0v) is 15.9. The molecule has 0 atom stereocenters. The maximum Gasteiger partial charge on any atom is 0.261 e. The van der Waals surface area contributed by atoms with Crippen LogP contribution in [-0.4, -0.2) is 24.3 Å². The van der Waals surface area contributed by atoms with Crippen molar-refractivity contribution in [2.75, 3.05) is 0 Å². The van der Waals surface area contributed by atoms with Crippen molar-refractivity contribution >= 4 is 27.1 Å². The van der Waals surface area contributed by atoms with Crippen LogP contribution in [0.5, 0.6) is 0 Å². The Morgan fingerprint density at radius 2 is 1.69 bits per heavy atom. The van der Waals surface area contributed by atoms with E-state index in [-0.39, 0.29) is 21.6 Å². The third kappa shape index (κ3) is 3.97. The molecule has 0 spiro atoms. The van der Waals surface area contributed by atoms with Gasteiger partial charge in [0.15, 0.2) is 0 Å². The molecule has 1 N–H and O–H groups in total. The van der Waals surface area contributed by atoms with Crippen LogP contribution in [0.1, 0.15) is 26.6 Å². The minimum Gasteiger partial charge on any atom is -0.347 e. The van der Waals surface area contributed by atoms with Crippen LogP contribution in [0.4, 0.5) is 0 Å². The molecule has 0 aliphatic carbocycles. The molecule has 1 aromatic carbocycles. The van der Waals surface area contributed by atoms with E-state index in [0.717, 1.165) is 22.5 Å². The molecule has 3 rings (SSSR count). The Bertz CT molecular complexity index is 1020. The zero-order valence-electron chi connectivity index (χ0n) is 14.3. The Morgan fingerprint density at radius 1 is 1.04 bits per heavy atom. The zero-order chi connectivity index (χ0) is 18.7. The number of hydrogen-bond donors (Lipinski definition) is 1. The maximum atomic E-state index is 12.7. The number of carbonyl (C=O) groups is 1. The molecule has 26 heavy (non-hydrogen) atoms. The van der Waals surface area contributed by atoms with Crippen molar-refractivity contribution in [1.82, 2.24) is 15.3 Å². The van der Waals surface area contributed by atoms with E-state index in [0.29, 0.717) is 10.7 Å². The number of benzene rings is 1.